The summed E-state index contributed by atoms with van der Waals surface area (Å²) in [6, 6.07) is 11.8. The van der Waals surface area contributed by atoms with Gasteiger partial charge in [0.2, 0.25) is 11.7 Å². The van der Waals surface area contributed by atoms with Crippen molar-refractivity contribution in [2.45, 2.75) is 19.5 Å². The molecule has 2 heterocycles. The van der Waals surface area contributed by atoms with Crippen LogP contribution in [0.2, 0.25) is 0 Å². The van der Waals surface area contributed by atoms with E-state index < -0.39 is 11.3 Å². The van der Waals surface area contributed by atoms with E-state index in [-0.39, 0.29) is 11.4 Å². The van der Waals surface area contributed by atoms with Gasteiger partial charge in [-0.3, -0.25) is 19.9 Å². The summed E-state index contributed by atoms with van der Waals surface area (Å²) in [5.74, 6) is 0.595. The number of benzene rings is 2. The second-order valence-corrected chi connectivity index (χ2v) is 7.56. The van der Waals surface area contributed by atoms with E-state index in [0.717, 1.165) is 31.7 Å². The summed E-state index contributed by atoms with van der Waals surface area (Å²) < 4.78 is 46.0. The zero-order valence-corrected chi connectivity index (χ0v) is 17.4. The maximum Gasteiger partial charge on any atom is 0.573 e. The third-order valence-electron chi connectivity index (χ3n) is 5.19. The molecule has 1 aromatic heterocycles. The zero-order valence-electron chi connectivity index (χ0n) is 17.4. The van der Waals surface area contributed by atoms with Crippen LogP contribution in [0.5, 0.6) is 5.75 Å². The van der Waals surface area contributed by atoms with E-state index in [2.05, 4.69) is 24.7 Å². The molecule has 12 heteroatoms. The average Bonchev–Trinajstić information content (AvgIpc) is 3.24. The second-order valence-electron chi connectivity index (χ2n) is 7.56. The maximum absolute atomic E-state index is 12.3. The summed E-state index contributed by atoms with van der Waals surface area (Å²) in [6.45, 7) is 4.21. The van der Waals surface area contributed by atoms with Crippen LogP contribution < -0.4 is 4.74 Å². The lowest BCUT2D eigenvalue weighted by Gasteiger charge is -2.33. The van der Waals surface area contributed by atoms with E-state index in [1.165, 1.54) is 24.3 Å². The number of hydrogen-bond acceptors (Lipinski definition) is 8. The Labute approximate surface area is 186 Å². The van der Waals surface area contributed by atoms with Crippen molar-refractivity contribution in [1.29, 1.82) is 0 Å². The first-order valence-corrected chi connectivity index (χ1v) is 10.1. The number of ether oxygens (including phenoxy) is 1. The molecule has 0 amide bonds. The Morgan fingerprint density at radius 2 is 1.58 bits per heavy atom. The highest BCUT2D eigenvalue weighted by atomic mass is 19.4. The smallest absolute Gasteiger partial charge is 0.406 e. The van der Waals surface area contributed by atoms with Crippen LogP contribution in [0.15, 0.2) is 53.1 Å². The zero-order chi connectivity index (χ0) is 23.4. The van der Waals surface area contributed by atoms with Gasteiger partial charge in [0.15, 0.2) is 0 Å². The molecule has 1 saturated heterocycles. The predicted octanol–water partition coefficient (Wildman–Crippen LogP) is 3.86. The fourth-order valence-corrected chi connectivity index (χ4v) is 3.52. The number of hydrogen-bond donors (Lipinski definition) is 0. The van der Waals surface area contributed by atoms with E-state index in [1.54, 1.807) is 24.3 Å². The first-order valence-electron chi connectivity index (χ1n) is 10.1. The number of nitro groups is 1. The summed E-state index contributed by atoms with van der Waals surface area (Å²) in [5, 5.41) is 14.7. The highest BCUT2D eigenvalue weighted by molar-refractivity contribution is 5.56. The molecule has 0 aliphatic carbocycles. The van der Waals surface area contributed by atoms with E-state index in [9.17, 15) is 23.3 Å². The largest absolute Gasteiger partial charge is 0.573 e. The van der Waals surface area contributed by atoms with E-state index in [4.69, 9.17) is 4.52 Å². The fourth-order valence-electron chi connectivity index (χ4n) is 3.52. The standard InChI is InChI=1S/C21H20F3N5O4/c22-21(23,24)32-18-7-1-15(2-8-18)13-27-9-11-28(12-10-27)14-19-25-20(26-33-19)16-3-5-17(6-4-16)29(30)31/h1-8H,9-14H2. The Morgan fingerprint density at radius 1 is 0.970 bits per heavy atom. The molecule has 0 radical (unpaired) electrons. The summed E-state index contributed by atoms with van der Waals surface area (Å²) >= 11 is 0. The van der Waals surface area contributed by atoms with Crippen LogP contribution in [-0.2, 0) is 13.1 Å². The predicted molar refractivity (Wildman–Crippen MR) is 110 cm³/mol. The number of non-ortho nitro benzene ring substituents is 1. The van der Waals surface area contributed by atoms with Gasteiger partial charge in [-0.15, -0.1) is 13.2 Å². The number of alkyl halides is 3. The van der Waals surface area contributed by atoms with Gasteiger partial charge in [0.1, 0.15) is 5.75 Å². The van der Waals surface area contributed by atoms with Gasteiger partial charge in [-0.1, -0.05) is 17.3 Å². The van der Waals surface area contributed by atoms with Crippen LogP contribution in [0.3, 0.4) is 0 Å². The Bertz CT molecular complexity index is 1080. The van der Waals surface area contributed by atoms with Crippen LogP contribution in [-0.4, -0.2) is 57.4 Å². The van der Waals surface area contributed by atoms with Crippen LogP contribution in [0.25, 0.3) is 11.4 Å². The van der Waals surface area contributed by atoms with Crippen molar-refractivity contribution in [2.75, 3.05) is 26.2 Å². The van der Waals surface area contributed by atoms with Crippen molar-refractivity contribution in [3.63, 3.8) is 0 Å². The van der Waals surface area contributed by atoms with Gasteiger partial charge in [0.05, 0.1) is 11.5 Å². The molecule has 174 valence electrons. The molecule has 1 aliphatic rings. The highest BCUT2D eigenvalue weighted by Crippen LogP contribution is 2.24. The number of nitrogens with zero attached hydrogens (tertiary/aromatic N) is 5. The van der Waals surface area contributed by atoms with Gasteiger partial charge in [0.25, 0.3) is 5.69 Å². The van der Waals surface area contributed by atoms with Gasteiger partial charge >= 0.3 is 6.36 Å². The van der Waals surface area contributed by atoms with Crippen molar-refractivity contribution in [2.24, 2.45) is 0 Å². The lowest BCUT2D eigenvalue weighted by atomic mass is 10.2. The minimum atomic E-state index is -4.70. The normalized spacial score (nSPS) is 15.5. The SMILES string of the molecule is O=[N+]([O-])c1ccc(-c2noc(CN3CCN(Cc4ccc(OC(F)(F)F)cc4)CC3)n2)cc1. The quantitative estimate of drug-likeness (QED) is 0.385. The van der Waals surface area contributed by atoms with Gasteiger partial charge in [-0.25, -0.2) is 0 Å². The average molecular weight is 463 g/mol. The minimum absolute atomic E-state index is 0.00840. The Morgan fingerprint density at radius 3 is 2.15 bits per heavy atom. The van der Waals surface area contributed by atoms with Crippen LogP contribution >= 0.6 is 0 Å². The molecule has 0 bridgehead atoms. The van der Waals surface area contributed by atoms with E-state index in [1.807, 2.05) is 0 Å². The molecular formula is C21H20F3N5O4. The van der Waals surface area contributed by atoms with Crippen molar-refractivity contribution in [3.8, 4) is 17.1 Å². The summed E-state index contributed by atoms with van der Waals surface area (Å²) in [7, 11) is 0. The third-order valence-corrected chi connectivity index (χ3v) is 5.19. The van der Waals surface area contributed by atoms with Crippen molar-refractivity contribution in [3.05, 3.63) is 70.1 Å². The number of aromatic nitrogens is 2. The van der Waals surface area contributed by atoms with Crippen LogP contribution in [0.4, 0.5) is 18.9 Å². The third kappa shape index (κ3) is 6.26. The minimum Gasteiger partial charge on any atom is -0.406 e. The van der Waals surface area contributed by atoms with Crippen molar-refractivity contribution < 1.29 is 27.4 Å². The molecule has 0 N–H and O–H groups in total. The highest BCUT2D eigenvalue weighted by Gasteiger charge is 2.31. The molecule has 3 aromatic rings. The van der Waals surface area contributed by atoms with Crippen molar-refractivity contribution in [1.82, 2.24) is 19.9 Å². The molecule has 0 unspecified atom stereocenters. The first kappa shape index (κ1) is 22.7. The molecule has 2 aromatic carbocycles. The molecule has 0 saturated carbocycles. The molecule has 0 atom stereocenters. The number of piperazine rings is 1. The molecular weight excluding hydrogens is 443 g/mol. The summed E-state index contributed by atoms with van der Waals surface area (Å²) in [6.07, 6.45) is -4.70. The Balaban J connectivity index is 1.25. The topological polar surface area (TPSA) is 97.8 Å². The van der Waals surface area contributed by atoms with E-state index in [0.29, 0.717) is 30.4 Å². The summed E-state index contributed by atoms with van der Waals surface area (Å²) in [4.78, 5) is 19.1. The number of halogens is 3. The molecule has 4 rings (SSSR count). The lowest BCUT2D eigenvalue weighted by Crippen LogP contribution is -2.45. The Hall–Kier alpha value is -3.51. The van der Waals surface area contributed by atoms with Gasteiger partial charge < -0.3 is 9.26 Å². The first-order chi connectivity index (χ1) is 15.7. The second kappa shape index (κ2) is 9.55. The van der Waals surface area contributed by atoms with Crippen LogP contribution in [0, 0.1) is 10.1 Å². The molecule has 1 aliphatic heterocycles. The van der Waals surface area contributed by atoms with Gasteiger partial charge in [-0.05, 0) is 29.8 Å². The summed E-state index contributed by atoms with van der Waals surface area (Å²) in [5.41, 5.74) is 1.53. The number of nitro benzene ring substituents is 1. The van der Waals surface area contributed by atoms with Gasteiger partial charge in [-0.2, -0.15) is 4.98 Å². The molecule has 0 spiro atoms. The maximum atomic E-state index is 12.3. The van der Waals surface area contributed by atoms with Crippen molar-refractivity contribution >= 4 is 5.69 Å². The fraction of sp³-hybridized carbons (Fsp3) is 0.333. The van der Waals surface area contributed by atoms with Gasteiger partial charge in [0, 0.05) is 50.4 Å². The molecule has 33 heavy (non-hydrogen) atoms. The lowest BCUT2D eigenvalue weighted by molar-refractivity contribution is -0.384. The molecule has 9 nitrogen and oxygen atoms in total. The number of rotatable bonds is 7. The monoisotopic (exact) mass is 463 g/mol. The molecule has 1 fully saturated rings. The van der Waals surface area contributed by atoms with E-state index >= 15 is 0 Å². The van der Waals surface area contributed by atoms with Crippen LogP contribution in [0.1, 0.15) is 11.5 Å². The Kier molecular flexibility index (Phi) is 6.56.